The number of carbonyl (C=O) groups is 4. The summed E-state index contributed by atoms with van der Waals surface area (Å²) in [5.74, 6) is -1.29. The standard InChI is InChI=1S/C26H34N4O6/c1-6-30(24(33)20(16-21(27)31)29-25(34)36-26(2,3)4)22(17-10-8-7-9-11-17)23(32)28-18-12-14-19(35-5)15-13-18/h7-15,20,22H,6,16H2,1-5H3,(H2,27,31)(H,28,32)(H,29,34). The molecule has 194 valence electrons. The minimum absolute atomic E-state index is 0.111. The van der Waals surface area contributed by atoms with Gasteiger partial charge in [0.15, 0.2) is 0 Å². The number of carbonyl (C=O) groups excluding carboxylic acids is 4. The number of hydrogen-bond acceptors (Lipinski definition) is 6. The van der Waals surface area contributed by atoms with E-state index in [0.717, 1.165) is 0 Å². The smallest absolute Gasteiger partial charge is 0.408 e. The third-order valence-electron chi connectivity index (χ3n) is 5.05. The van der Waals surface area contributed by atoms with Crippen LogP contribution in [0, 0.1) is 0 Å². The zero-order chi connectivity index (χ0) is 26.9. The van der Waals surface area contributed by atoms with Crippen LogP contribution >= 0.6 is 0 Å². The maximum Gasteiger partial charge on any atom is 0.408 e. The summed E-state index contributed by atoms with van der Waals surface area (Å²) in [6, 6.07) is 13.1. The van der Waals surface area contributed by atoms with E-state index >= 15 is 0 Å². The summed E-state index contributed by atoms with van der Waals surface area (Å²) in [4.78, 5) is 52.5. The number of methoxy groups -OCH3 is 1. The van der Waals surface area contributed by atoms with Gasteiger partial charge < -0.3 is 30.7 Å². The Morgan fingerprint density at radius 3 is 2.11 bits per heavy atom. The Bertz CT molecular complexity index is 1050. The number of nitrogens with zero attached hydrogens (tertiary/aromatic N) is 1. The van der Waals surface area contributed by atoms with Crippen molar-refractivity contribution in [2.24, 2.45) is 5.73 Å². The van der Waals surface area contributed by atoms with Crippen molar-refractivity contribution in [1.82, 2.24) is 10.2 Å². The van der Waals surface area contributed by atoms with E-state index in [9.17, 15) is 19.2 Å². The maximum absolute atomic E-state index is 13.6. The normalized spacial score (nSPS) is 12.6. The first-order valence-electron chi connectivity index (χ1n) is 11.5. The SMILES string of the molecule is CCN(C(=O)C(CC(N)=O)NC(=O)OC(C)(C)C)C(C(=O)Nc1ccc(OC)cc1)c1ccccc1. The van der Waals surface area contributed by atoms with E-state index in [1.807, 2.05) is 0 Å². The number of anilines is 1. The van der Waals surface area contributed by atoms with Crippen molar-refractivity contribution >= 4 is 29.5 Å². The second kappa shape index (κ2) is 12.6. The Balaban J connectivity index is 2.39. The van der Waals surface area contributed by atoms with Crippen LogP contribution in [-0.2, 0) is 19.1 Å². The molecular weight excluding hydrogens is 464 g/mol. The fourth-order valence-electron chi connectivity index (χ4n) is 3.51. The molecule has 0 fully saturated rings. The van der Waals surface area contributed by atoms with Crippen molar-refractivity contribution in [2.45, 2.75) is 51.8 Å². The van der Waals surface area contributed by atoms with Gasteiger partial charge >= 0.3 is 6.09 Å². The highest BCUT2D eigenvalue weighted by Crippen LogP contribution is 2.25. The summed E-state index contributed by atoms with van der Waals surface area (Å²) in [7, 11) is 1.54. The molecule has 2 unspecified atom stereocenters. The van der Waals surface area contributed by atoms with Crippen molar-refractivity contribution in [1.29, 1.82) is 0 Å². The summed E-state index contributed by atoms with van der Waals surface area (Å²) in [5, 5.41) is 5.25. The van der Waals surface area contributed by atoms with Gasteiger partial charge in [-0.25, -0.2) is 4.79 Å². The predicted octanol–water partition coefficient (Wildman–Crippen LogP) is 2.99. The highest BCUT2D eigenvalue weighted by Gasteiger charge is 2.36. The zero-order valence-electron chi connectivity index (χ0n) is 21.2. The summed E-state index contributed by atoms with van der Waals surface area (Å²) < 4.78 is 10.4. The van der Waals surface area contributed by atoms with E-state index in [0.29, 0.717) is 17.0 Å². The molecule has 0 heterocycles. The molecule has 0 saturated heterocycles. The number of hydrogen-bond donors (Lipinski definition) is 3. The largest absolute Gasteiger partial charge is 0.497 e. The number of nitrogens with two attached hydrogens (primary N) is 1. The molecule has 0 aromatic heterocycles. The molecule has 0 aliphatic heterocycles. The molecule has 36 heavy (non-hydrogen) atoms. The monoisotopic (exact) mass is 498 g/mol. The van der Waals surface area contributed by atoms with Gasteiger partial charge in [-0.15, -0.1) is 0 Å². The fourth-order valence-corrected chi connectivity index (χ4v) is 3.51. The second-order valence-electron chi connectivity index (χ2n) is 9.02. The summed E-state index contributed by atoms with van der Waals surface area (Å²) in [6.07, 6.45) is -1.34. The Labute approximate surface area is 211 Å². The molecule has 10 heteroatoms. The van der Waals surface area contributed by atoms with Crippen molar-refractivity contribution in [3.63, 3.8) is 0 Å². The van der Waals surface area contributed by atoms with Gasteiger partial charge in [-0.1, -0.05) is 30.3 Å². The average molecular weight is 499 g/mol. The molecule has 10 nitrogen and oxygen atoms in total. The average Bonchev–Trinajstić information content (AvgIpc) is 2.81. The molecule has 4 N–H and O–H groups in total. The van der Waals surface area contributed by atoms with Crippen molar-refractivity contribution in [3.8, 4) is 5.75 Å². The molecule has 0 aliphatic rings. The molecule has 2 atom stereocenters. The lowest BCUT2D eigenvalue weighted by atomic mass is 10.0. The first-order valence-corrected chi connectivity index (χ1v) is 11.5. The van der Waals surface area contributed by atoms with Crippen LogP contribution in [0.4, 0.5) is 10.5 Å². The summed E-state index contributed by atoms with van der Waals surface area (Å²) in [5.41, 5.74) is 5.59. The molecule has 0 spiro atoms. The highest BCUT2D eigenvalue weighted by atomic mass is 16.6. The molecule has 0 saturated carbocycles. The minimum Gasteiger partial charge on any atom is -0.497 e. The lowest BCUT2D eigenvalue weighted by molar-refractivity contribution is -0.141. The number of benzene rings is 2. The fraction of sp³-hybridized carbons (Fsp3) is 0.385. The molecule has 0 bridgehead atoms. The summed E-state index contributed by atoms with van der Waals surface area (Å²) in [6.45, 7) is 6.82. The van der Waals surface area contributed by atoms with Gasteiger partial charge in [0.05, 0.1) is 13.5 Å². The highest BCUT2D eigenvalue weighted by molar-refractivity contribution is 5.99. The van der Waals surface area contributed by atoms with Gasteiger partial charge in [-0.05, 0) is 57.5 Å². The molecule has 2 rings (SSSR count). The van der Waals surface area contributed by atoms with E-state index in [1.165, 1.54) is 12.0 Å². The van der Waals surface area contributed by atoms with Crippen LogP contribution in [0.3, 0.4) is 0 Å². The van der Waals surface area contributed by atoms with Crippen molar-refractivity contribution < 1.29 is 28.7 Å². The maximum atomic E-state index is 13.6. The van der Waals surface area contributed by atoms with Gasteiger partial charge in [-0.3, -0.25) is 14.4 Å². The molecule has 2 aromatic rings. The van der Waals surface area contributed by atoms with Gasteiger partial charge in [0, 0.05) is 12.2 Å². The van der Waals surface area contributed by atoms with Crippen LogP contribution in [0.2, 0.25) is 0 Å². The Hall–Kier alpha value is -4.08. The third-order valence-corrected chi connectivity index (χ3v) is 5.05. The summed E-state index contributed by atoms with van der Waals surface area (Å²) >= 11 is 0. The molecular formula is C26H34N4O6. The van der Waals surface area contributed by atoms with E-state index in [4.69, 9.17) is 15.2 Å². The van der Waals surface area contributed by atoms with Crippen LogP contribution in [0.25, 0.3) is 0 Å². The Kier molecular flexibility index (Phi) is 9.83. The minimum atomic E-state index is -1.32. The Morgan fingerprint density at radius 1 is 1.00 bits per heavy atom. The van der Waals surface area contributed by atoms with Crippen LogP contribution in [0.15, 0.2) is 54.6 Å². The third kappa shape index (κ3) is 8.30. The topological polar surface area (TPSA) is 140 Å². The molecule has 0 radical (unpaired) electrons. The number of alkyl carbamates (subject to hydrolysis) is 1. The van der Waals surface area contributed by atoms with E-state index in [-0.39, 0.29) is 6.54 Å². The van der Waals surface area contributed by atoms with E-state index < -0.39 is 47.9 Å². The van der Waals surface area contributed by atoms with Gasteiger partial charge in [0.1, 0.15) is 23.4 Å². The van der Waals surface area contributed by atoms with Gasteiger partial charge in [0.25, 0.3) is 5.91 Å². The number of nitrogens with one attached hydrogen (secondary N) is 2. The second-order valence-corrected chi connectivity index (χ2v) is 9.02. The molecule has 4 amide bonds. The Morgan fingerprint density at radius 2 is 1.61 bits per heavy atom. The number of amides is 4. The molecule has 2 aromatic carbocycles. The predicted molar refractivity (Wildman–Crippen MR) is 135 cm³/mol. The van der Waals surface area contributed by atoms with Crippen LogP contribution < -0.4 is 21.1 Å². The first kappa shape index (κ1) is 28.2. The number of primary amides is 1. The lowest BCUT2D eigenvalue weighted by Gasteiger charge is -2.33. The number of rotatable bonds is 10. The number of likely N-dealkylation sites (N-methyl/N-ethyl adjacent to an activating group) is 1. The van der Waals surface area contributed by atoms with Crippen molar-refractivity contribution in [3.05, 3.63) is 60.2 Å². The van der Waals surface area contributed by atoms with Crippen LogP contribution in [-0.4, -0.2) is 54.0 Å². The van der Waals surface area contributed by atoms with Crippen molar-refractivity contribution in [2.75, 3.05) is 19.0 Å². The lowest BCUT2D eigenvalue weighted by Crippen LogP contribution is -2.53. The van der Waals surface area contributed by atoms with Crippen LogP contribution in [0.5, 0.6) is 5.75 Å². The van der Waals surface area contributed by atoms with E-state index in [2.05, 4.69) is 10.6 Å². The number of ether oxygens (including phenoxy) is 2. The quantitative estimate of drug-likeness (QED) is 0.460. The zero-order valence-corrected chi connectivity index (χ0v) is 21.2. The van der Waals surface area contributed by atoms with Gasteiger partial charge in [0.2, 0.25) is 11.8 Å². The van der Waals surface area contributed by atoms with E-state index in [1.54, 1.807) is 82.3 Å². The van der Waals surface area contributed by atoms with Crippen LogP contribution in [0.1, 0.15) is 45.7 Å². The van der Waals surface area contributed by atoms with Gasteiger partial charge in [-0.2, -0.15) is 0 Å². The first-order chi connectivity index (χ1) is 16.9. The molecule has 0 aliphatic carbocycles.